The number of pyridine rings is 1. The van der Waals surface area contributed by atoms with Gasteiger partial charge in [-0.25, -0.2) is 5.48 Å². The summed E-state index contributed by atoms with van der Waals surface area (Å²) in [5.41, 5.74) is 5.02. The van der Waals surface area contributed by atoms with Gasteiger partial charge in [-0.2, -0.15) is 0 Å². The first-order chi connectivity index (χ1) is 17.2. The van der Waals surface area contributed by atoms with Crippen LogP contribution in [0.2, 0.25) is 0 Å². The fraction of sp³-hybridized carbons (Fsp3) is 0.393. The second-order valence-electron chi connectivity index (χ2n) is 9.99. The normalized spacial score (nSPS) is 18.2. The highest BCUT2D eigenvalue weighted by molar-refractivity contribution is 5.95. The van der Waals surface area contributed by atoms with E-state index in [1.54, 1.807) is 29.7 Å². The van der Waals surface area contributed by atoms with Crippen LogP contribution in [-0.4, -0.2) is 51.6 Å². The molecule has 0 aliphatic carbocycles. The fourth-order valence-electron chi connectivity index (χ4n) is 4.65. The molecule has 3 aromatic rings. The molecule has 3 N–H and O–H groups in total. The maximum atomic E-state index is 13.0. The van der Waals surface area contributed by atoms with Crippen LogP contribution < -0.4 is 15.5 Å². The Morgan fingerprint density at radius 3 is 2.56 bits per heavy atom. The Morgan fingerprint density at radius 1 is 1.14 bits per heavy atom. The predicted molar refractivity (Wildman–Crippen MR) is 138 cm³/mol. The molecule has 8 heteroatoms. The summed E-state index contributed by atoms with van der Waals surface area (Å²) in [7, 11) is 0. The van der Waals surface area contributed by atoms with E-state index in [4.69, 9.17) is 4.74 Å². The van der Waals surface area contributed by atoms with Crippen LogP contribution in [0.4, 0.5) is 0 Å². The van der Waals surface area contributed by atoms with Gasteiger partial charge in [-0.05, 0) is 63.6 Å². The first-order valence-electron chi connectivity index (χ1n) is 12.3. The van der Waals surface area contributed by atoms with Crippen molar-refractivity contribution in [3.05, 3.63) is 71.4 Å². The summed E-state index contributed by atoms with van der Waals surface area (Å²) in [4.78, 5) is 32.0. The standard InChI is InChI=1S/C28H34N4O4/c1-5-28(3,4)32-15-23(27(34)31-35)25(16-32)30-26(33)19-10-12-21(13-11-19)36-17-20-14-18(2)29-24-9-7-6-8-22(20)24/h6-14,23,25,35H,5,15-17H2,1-4H3,(H,30,33)(H,31,34)/t23-,25+/m0/s1. The van der Waals surface area contributed by atoms with Gasteiger partial charge in [0.15, 0.2) is 0 Å². The third-order valence-electron chi connectivity index (χ3n) is 7.25. The van der Waals surface area contributed by atoms with Crippen LogP contribution in [0.15, 0.2) is 54.6 Å². The number of carbonyl (C=O) groups is 2. The minimum Gasteiger partial charge on any atom is -0.489 e. The molecule has 190 valence electrons. The van der Waals surface area contributed by atoms with Crippen molar-refractivity contribution in [1.82, 2.24) is 20.7 Å². The molecule has 0 radical (unpaired) electrons. The van der Waals surface area contributed by atoms with Crippen molar-refractivity contribution in [3.63, 3.8) is 0 Å². The van der Waals surface area contributed by atoms with Crippen molar-refractivity contribution in [1.29, 1.82) is 0 Å². The number of rotatable bonds is 8. The summed E-state index contributed by atoms with van der Waals surface area (Å²) in [6.45, 7) is 9.66. The molecule has 1 fully saturated rings. The number of hydrogen-bond acceptors (Lipinski definition) is 6. The Balaban J connectivity index is 1.42. The second kappa shape index (κ2) is 10.6. The molecular formula is C28H34N4O4. The highest BCUT2D eigenvalue weighted by atomic mass is 16.5. The van der Waals surface area contributed by atoms with Crippen LogP contribution in [0, 0.1) is 12.8 Å². The smallest absolute Gasteiger partial charge is 0.251 e. The van der Waals surface area contributed by atoms with E-state index < -0.39 is 17.9 Å². The van der Waals surface area contributed by atoms with Crippen molar-refractivity contribution in [3.8, 4) is 5.75 Å². The molecule has 2 atom stereocenters. The molecule has 1 aromatic heterocycles. The molecule has 0 saturated carbocycles. The topological polar surface area (TPSA) is 104 Å². The van der Waals surface area contributed by atoms with Gasteiger partial charge in [0, 0.05) is 40.8 Å². The maximum Gasteiger partial charge on any atom is 0.251 e. The third kappa shape index (κ3) is 5.50. The lowest BCUT2D eigenvalue weighted by molar-refractivity contribution is -0.133. The average molecular weight is 491 g/mol. The molecule has 36 heavy (non-hydrogen) atoms. The molecule has 0 bridgehead atoms. The molecular weight excluding hydrogens is 456 g/mol. The number of likely N-dealkylation sites (tertiary alicyclic amines) is 1. The van der Waals surface area contributed by atoms with Crippen LogP contribution in [-0.2, 0) is 11.4 Å². The molecule has 2 heterocycles. The lowest BCUT2D eigenvalue weighted by Crippen LogP contribution is -2.46. The predicted octanol–water partition coefficient (Wildman–Crippen LogP) is 3.85. The summed E-state index contributed by atoms with van der Waals surface area (Å²) >= 11 is 0. The number of benzene rings is 2. The minimum absolute atomic E-state index is 0.120. The van der Waals surface area contributed by atoms with Gasteiger partial charge in [-0.15, -0.1) is 0 Å². The Hall–Kier alpha value is -3.49. The highest BCUT2D eigenvalue weighted by Crippen LogP contribution is 2.28. The molecule has 4 rings (SSSR count). The van der Waals surface area contributed by atoms with E-state index in [9.17, 15) is 14.8 Å². The van der Waals surface area contributed by atoms with E-state index in [-0.39, 0.29) is 11.4 Å². The lowest BCUT2D eigenvalue weighted by Gasteiger charge is -2.34. The summed E-state index contributed by atoms with van der Waals surface area (Å²) in [5, 5.41) is 13.2. The van der Waals surface area contributed by atoms with Gasteiger partial charge in [0.1, 0.15) is 12.4 Å². The lowest BCUT2D eigenvalue weighted by atomic mass is 10.00. The molecule has 8 nitrogen and oxygen atoms in total. The fourth-order valence-corrected chi connectivity index (χ4v) is 4.65. The number of carbonyl (C=O) groups excluding carboxylic acids is 2. The van der Waals surface area contributed by atoms with Gasteiger partial charge < -0.3 is 10.1 Å². The van der Waals surface area contributed by atoms with Crippen LogP contribution in [0.3, 0.4) is 0 Å². The maximum absolute atomic E-state index is 13.0. The van der Waals surface area contributed by atoms with Crippen molar-refractivity contribution >= 4 is 22.7 Å². The Morgan fingerprint density at radius 2 is 1.86 bits per heavy atom. The number of hydrogen-bond donors (Lipinski definition) is 3. The monoisotopic (exact) mass is 490 g/mol. The zero-order valence-electron chi connectivity index (χ0n) is 21.2. The van der Waals surface area contributed by atoms with Gasteiger partial charge in [-0.3, -0.25) is 24.7 Å². The number of para-hydroxylation sites is 1. The van der Waals surface area contributed by atoms with E-state index >= 15 is 0 Å². The number of fused-ring (bicyclic) bond motifs is 1. The molecule has 1 saturated heterocycles. The van der Waals surface area contributed by atoms with E-state index in [1.807, 2.05) is 37.3 Å². The molecule has 2 aromatic carbocycles. The number of hydroxylamine groups is 1. The average Bonchev–Trinajstić information content (AvgIpc) is 3.31. The zero-order chi connectivity index (χ0) is 25.9. The third-order valence-corrected chi connectivity index (χ3v) is 7.25. The highest BCUT2D eigenvalue weighted by Gasteiger charge is 2.43. The number of aryl methyl sites for hydroxylation is 1. The number of nitrogens with zero attached hydrogens (tertiary/aromatic N) is 2. The molecule has 1 aliphatic heterocycles. The largest absolute Gasteiger partial charge is 0.489 e. The van der Waals surface area contributed by atoms with Gasteiger partial charge in [0.2, 0.25) is 5.91 Å². The molecule has 1 aliphatic rings. The van der Waals surface area contributed by atoms with Crippen LogP contribution in [0.25, 0.3) is 10.9 Å². The van der Waals surface area contributed by atoms with E-state index in [0.29, 0.717) is 31.0 Å². The molecule has 2 amide bonds. The first kappa shape index (κ1) is 25.6. The van der Waals surface area contributed by atoms with Gasteiger partial charge in [-0.1, -0.05) is 25.1 Å². The molecule has 0 unspecified atom stereocenters. The summed E-state index contributed by atoms with van der Waals surface area (Å²) in [5.74, 6) is -0.642. The van der Waals surface area contributed by atoms with Crippen molar-refractivity contribution in [2.75, 3.05) is 13.1 Å². The van der Waals surface area contributed by atoms with Gasteiger partial charge in [0.25, 0.3) is 5.91 Å². The van der Waals surface area contributed by atoms with Crippen molar-refractivity contribution < 1.29 is 19.5 Å². The summed E-state index contributed by atoms with van der Waals surface area (Å²) in [6, 6.07) is 16.5. The number of nitrogens with one attached hydrogen (secondary N) is 2. The van der Waals surface area contributed by atoms with Crippen molar-refractivity contribution in [2.45, 2.75) is 52.3 Å². The summed E-state index contributed by atoms with van der Waals surface area (Å²) in [6.07, 6.45) is 0.900. The van der Waals surface area contributed by atoms with Crippen LogP contribution in [0.5, 0.6) is 5.75 Å². The Labute approximate surface area is 211 Å². The van der Waals surface area contributed by atoms with Gasteiger partial charge in [0.05, 0.1) is 17.5 Å². The Kier molecular flexibility index (Phi) is 7.56. The van der Waals surface area contributed by atoms with Crippen molar-refractivity contribution in [2.24, 2.45) is 5.92 Å². The van der Waals surface area contributed by atoms with E-state index in [2.05, 4.69) is 36.0 Å². The first-order valence-corrected chi connectivity index (χ1v) is 12.3. The van der Waals surface area contributed by atoms with Crippen LogP contribution >= 0.6 is 0 Å². The summed E-state index contributed by atoms with van der Waals surface area (Å²) < 4.78 is 6.00. The minimum atomic E-state index is -0.536. The van der Waals surface area contributed by atoms with E-state index in [1.165, 1.54) is 0 Å². The SMILES string of the molecule is CCC(C)(C)N1C[C@H](C(=O)NO)[C@H](NC(=O)c2ccc(OCc3cc(C)nc4ccccc34)cc2)C1. The zero-order valence-corrected chi connectivity index (χ0v) is 21.2. The Bertz CT molecular complexity index is 1240. The number of aromatic nitrogens is 1. The number of ether oxygens (including phenoxy) is 1. The van der Waals surface area contributed by atoms with Gasteiger partial charge >= 0.3 is 0 Å². The number of amides is 2. The quantitative estimate of drug-likeness (QED) is 0.327. The van der Waals surface area contributed by atoms with Crippen LogP contribution in [0.1, 0.15) is 48.8 Å². The second-order valence-corrected chi connectivity index (χ2v) is 9.99. The van der Waals surface area contributed by atoms with E-state index in [0.717, 1.165) is 28.6 Å². The molecule has 0 spiro atoms.